The molecule has 1 amide bonds. The van der Waals surface area contributed by atoms with Crippen molar-refractivity contribution in [2.75, 3.05) is 13.1 Å². The first-order valence-electron chi connectivity index (χ1n) is 5.06. The number of nitrogens with zero attached hydrogens (tertiary/aromatic N) is 1. The standard InChI is InChI=1S/C10H17NO4/c1-10(2,9(14)15)8(13)11-5-3-4-7(12)6-11/h7,12H,3-6H2,1-2H3,(H,14,15). The highest BCUT2D eigenvalue weighted by Crippen LogP contribution is 2.22. The molecule has 0 bridgehead atoms. The zero-order chi connectivity index (χ0) is 11.6. The van der Waals surface area contributed by atoms with Crippen LogP contribution in [0.15, 0.2) is 0 Å². The van der Waals surface area contributed by atoms with E-state index in [1.54, 1.807) is 0 Å². The van der Waals surface area contributed by atoms with Crippen LogP contribution in [0, 0.1) is 5.41 Å². The summed E-state index contributed by atoms with van der Waals surface area (Å²) in [5, 5.41) is 18.3. The minimum Gasteiger partial charge on any atom is -0.480 e. The number of carboxylic acids is 1. The number of piperidine rings is 1. The SMILES string of the molecule is CC(C)(C(=O)O)C(=O)N1CCCC(O)C1. The molecule has 1 rings (SSSR count). The van der Waals surface area contributed by atoms with E-state index in [9.17, 15) is 14.7 Å². The molecule has 86 valence electrons. The second-order valence-electron chi connectivity index (χ2n) is 4.48. The van der Waals surface area contributed by atoms with Gasteiger partial charge in [-0.25, -0.2) is 0 Å². The average Bonchev–Trinajstić information content (AvgIpc) is 2.16. The Labute approximate surface area is 88.7 Å². The van der Waals surface area contributed by atoms with Crippen molar-refractivity contribution >= 4 is 11.9 Å². The van der Waals surface area contributed by atoms with E-state index in [4.69, 9.17) is 5.11 Å². The summed E-state index contributed by atoms with van der Waals surface area (Å²) in [6.45, 7) is 3.56. The molecule has 1 aliphatic heterocycles. The first-order valence-corrected chi connectivity index (χ1v) is 5.06. The molecule has 0 spiro atoms. The molecule has 1 aliphatic rings. The number of carbonyl (C=O) groups excluding carboxylic acids is 1. The van der Waals surface area contributed by atoms with E-state index in [1.807, 2.05) is 0 Å². The van der Waals surface area contributed by atoms with Gasteiger partial charge in [0.2, 0.25) is 5.91 Å². The summed E-state index contributed by atoms with van der Waals surface area (Å²) in [7, 11) is 0. The number of carboxylic acid groups (broad SMARTS) is 1. The van der Waals surface area contributed by atoms with Crippen LogP contribution in [0.1, 0.15) is 26.7 Å². The number of aliphatic hydroxyl groups excluding tert-OH is 1. The van der Waals surface area contributed by atoms with Gasteiger partial charge in [0.25, 0.3) is 0 Å². The van der Waals surface area contributed by atoms with Crippen molar-refractivity contribution in [1.29, 1.82) is 0 Å². The molecule has 0 aromatic rings. The van der Waals surface area contributed by atoms with Gasteiger partial charge in [0, 0.05) is 13.1 Å². The fourth-order valence-electron chi connectivity index (χ4n) is 1.63. The molecule has 1 fully saturated rings. The molecule has 1 unspecified atom stereocenters. The van der Waals surface area contributed by atoms with E-state index in [2.05, 4.69) is 0 Å². The quantitative estimate of drug-likeness (QED) is 0.639. The van der Waals surface area contributed by atoms with E-state index in [0.717, 1.165) is 6.42 Å². The number of rotatable bonds is 2. The lowest BCUT2D eigenvalue weighted by Crippen LogP contribution is -2.50. The molecule has 0 saturated carbocycles. The number of hydrogen-bond donors (Lipinski definition) is 2. The first-order chi connectivity index (χ1) is 6.85. The van der Waals surface area contributed by atoms with Gasteiger partial charge in [-0.15, -0.1) is 0 Å². The largest absolute Gasteiger partial charge is 0.480 e. The Morgan fingerprint density at radius 2 is 2.00 bits per heavy atom. The lowest BCUT2D eigenvalue weighted by molar-refractivity contribution is -0.159. The third kappa shape index (κ3) is 2.47. The Morgan fingerprint density at radius 1 is 1.40 bits per heavy atom. The van der Waals surface area contributed by atoms with E-state index in [1.165, 1.54) is 18.7 Å². The summed E-state index contributed by atoms with van der Waals surface area (Å²) < 4.78 is 0. The molecule has 15 heavy (non-hydrogen) atoms. The average molecular weight is 215 g/mol. The molecular formula is C10H17NO4. The third-order valence-corrected chi connectivity index (χ3v) is 2.75. The molecule has 0 aromatic heterocycles. The molecule has 1 saturated heterocycles. The van der Waals surface area contributed by atoms with Crippen molar-refractivity contribution in [3.8, 4) is 0 Å². The van der Waals surface area contributed by atoms with Gasteiger partial charge in [-0.1, -0.05) is 0 Å². The number of aliphatic hydroxyl groups is 1. The number of amides is 1. The van der Waals surface area contributed by atoms with Gasteiger partial charge < -0.3 is 15.1 Å². The summed E-state index contributed by atoms with van der Waals surface area (Å²) in [6.07, 6.45) is 0.882. The Hall–Kier alpha value is -1.10. The molecule has 1 heterocycles. The fourth-order valence-corrected chi connectivity index (χ4v) is 1.63. The van der Waals surface area contributed by atoms with Crippen LogP contribution in [-0.2, 0) is 9.59 Å². The molecule has 0 aromatic carbocycles. The minimum atomic E-state index is -1.41. The third-order valence-electron chi connectivity index (χ3n) is 2.75. The van der Waals surface area contributed by atoms with Gasteiger partial charge >= 0.3 is 5.97 Å². The van der Waals surface area contributed by atoms with Crippen LogP contribution >= 0.6 is 0 Å². The van der Waals surface area contributed by atoms with E-state index >= 15 is 0 Å². The van der Waals surface area contributed by atoms with Gasteiger partial charge in [-0.3, -0.25) is 9.59 Å². The maximum Gasteiger partial charge on any atom is 0.318 e. The molecule has 0 radical (unpaired) electrons. The normalized spacial score (nSPS) is 22.6. The Kier molecular flexibility index (Phi) is 3.34. The molecule has 5 nitrogen and oxygen atoms in total. The second kappa shape index (κ2) is 4.18. The van der Waals surface area contributed by atoms with Gasteiger partial charge in [-0.2, -0.15) is 0 Å². The van der Waals surface area contributed by atoms with Crippen molar-refractivity contribution in [1.82, 2.24) is 4.90 Å². The van der Waals surface area contributed by atoms with Crippen LogP contribution in [0.2, 0.25) is 0 Å². The van der Waals surface area contributed by atoms with Crippen LogP contribution in [0.4, 0.5) is 0 Å². The number of aliphatic carboxylic acids is 1. The smallest absolute Gasteiger partial charge is 0.318 e. The van der Waals surface area contributed by atoms with E-state index < -0.39 is 23.4 Å². The van der Waals surface area contributed by atoms with Gasteiger partial charge in [0.15, 0.2) is 0 Å². The van der Waals surface area contributed by atoms with Crippen LogP contribution in [0.5, 0.6) is 0 Å². The minimum absolute atomic E-state index is 0.246. The highest BCUT2D eigenvalue weighted by atomic mass is 16.4. The predicted octanol–water partition coefficient (Wildman–Crippen LogP) is 0.0805. The fraction of sp³-hybridized carbons (Fsp3) is 0.800. The maximum atomic E-state index is 11.8. The molecule has 0 aliphatic carbocycles. The van der Waals surface area contributed by atoms with Crippen molar-refractivity contribution in [2.24, 2.45) is 5.41 Å². The van der Waals surface area contributed by atoms with Crippen LogP contribution in [0.25, 0.3) is 0 Å². The van der Waals surface area contributed by atoms with Crippen LogP contribution in [-0.4, -0.2) is 46.2 Å². The van der Waals surface area contributed by atoms with Crippen molar-refractivity contribution in [3.05, 3.63) is 0 Å². The summed E-state index contributed by atoms with van der Waals surface area (Å²) in [5.74, 6) is -1.55. The zero-order valence-corrected chi connectivity index (χ0v) is 9.06. The first kappa shape index (κ1) is 12.0. The lowest BCUT2D eigenvalue weighted by Gasteiger charge is -2.34. The van der Waals surface area contributed by atoms with E-state index in [-0.39, 0.29) is 6.54 Å². The Morgan fingerprint density at radius 3 is 2.47 bits per heavy atom. The highest BCUT2D eigenvalue weighted by Gasteiger charge is 2.40. The van der Waals surface area contributed by atoms with Crippen molar-refractivity contribution in [2.45, 2.75) is 32.8 Å². The van der Waals surface area contributed by atoms with Gasteiger partial charge in [0.05, 0.1) is 6.10 Å². The number of hydrogen-bond acceptors (Lipinski definition) is 3. The Balaban J connectivity index is 2.71. The number of likely N-dealkylation sites (tertiary alicyclic amines) is 1. The molecular weight excluding hydrogens is 198 g/mol. The van der Waals surface area contributed by atoms with E-state index in [0.29, 0.717) is 13.0 Å². The second-order valence-corrected chi connectivity index (χ2v) is 4.48. The summed E-state index contributed by atoms with van der Waals surface area (Å²) in [5.41, 5.74) is -1.41. The molecule has 1 atom stereocenters. The zero-order valence-electron chi connectivity index (χ0n) is 9.06. The molecule has 2 N–H and O–H groups in total. The topological polar surface area (TPSA) is 77.8 Å². The van der Waals surface area contributed by atoms with Crippen LogP contribution in [0.3, 0.4) is 0 Å². The highest BCUT2D eigenvalue weighted by molar-refractivity contribution is 6.01. The summed E-state index contributed by atoms with van der Waals surface area (Å²) in [4.78, 5) is 24.2. The Bertz CT molecular complexity index is 275. The monoisotopic (exact) mass is 215 g/mol. The molecule has 5 heteroatoms. The number of β-amino-alcohol motifs (C(OH)–C–C–N with tert-alkyl or cyclic N) is 1. The summed E-state index contributed by atoms with van der Waals surface area (Å²) >= 11 is 0. The van der Waals surface area contributed by atoms with Crippen LogP contribution < -0.4 is 0 Å². The van der Waals surface area contributed by atoms with Crippen molar-refractivity contribution in [3.63, 3.8) is 0 Å². The van der Waals surface area contributed by atoms with Crippen molar-refractivity contribution < 1.29 is 19.8 Å². The summed E-state index contributed by atoms with van der Waals surface area (Å²) in [6, 6.07) is 0. The maximum absolute atomic E-state index is 11.8. The number of carbonyl (C=O) groups is 2. The predicted molar refractivity (Wildman–Crippen MR) is 53.2 cm³/mol. The van der Waals surface area contributed by atoms with Gasteiger partial charge in [-0.05, 0) is 26.7 Å². The lowest BCUT2D eigenvalue weighted by atomic mass is 9.90. The van der Waals surface area contributed by atoms with Gasteiger partial charge in [0.1, 0.15) is 5.41 Å².